The molecule has 4 aliphatic carbocycles. The van der Waals surface area contributed by atoms with Crippen molar-refractivity contribution in [1.29, 1.82) is 0 Å². The molecule has 0 radical (unpaired) electrons. The van der Waals surface area contributed by atoms with Gasteiger partial charge in [0, 0.05) is 5.41 Å². The molecular weight excluding hydrogens is 410 g/mol. The van der Waals surface area contributed by atoms with Crippen LogP contribution in [0.2, 0.25) is 0 Å². The summed E-state index contributed by atoms with van der Waals surface area (Å²) in [6.07, 6.45) is 7.83. The van der Waals surface area contributed by atoms with Crippen LogP contribution in [0.1, 0.15) is 80.1 Å². The van der Waals surface area contributed by atoms with Crippen molar-refractivity contribution in [3.63, 3.8) is 0 Å². The summed E-state index contributed by atoms with van der Waals surface area (Å²) in [6.45, 7) is 16.4. The number of quaternary nitrogens is 1. The largest absolute Gasteiger partial charge is 1.00 e. The van der Waals surface area contributed by atoms with Crippen molar-refractivity contribution in [3.8, 4) is 0 Å². The summed E-state index contributed by atoms with van der Waals surface area (Å²) in [5.74, 6) is 1.46. The molecule has 4 saturated carbocycles. The Labute approximate surface area is 196 Å². The van der Waals surface area contributed by atoms with Crippen molar-refractivity contribution < 1.29 is 31.2 Å². The second-order valence-corrected chi connectivity index (χ2v) is 13.4. The number of hydrogen-bond donors (Lipinski definition) is 0. The van der Waals surface area contributed by atoms with Crippen LogP contribution in [0.15, 0.2) is 0 Å². The topological polar surface area (TPSA) is 35.5 Å². The normalized spacial score (nSPS) is 41.9. The van der Waals surface area contributed by atoms with Gasteiger partial charge in [-0.1, -0.05) is 41.5 Å². The van der Waals surface area contributed by atoms with Gasteiger partial charge in [-0.05, 0) is 66.6 Å². The predicted octanol–water partition coefficient (Wildman–Crippen LogP) is 2.06. The van der Waals surface area contributed by atoms with Crippen LogP contribution in [0.5, 0.6) is 0 Å². The minimum atomic E-state index is -0.0393. The van der Waals surface area contributed by atoms with E-state index in [1.807, 2.05) is 0 Å². The van der Waals surface area contributed by atoms with Crippen molar-refractivity contribution in [2.75, 3.05) is 33.8 Å². The van der Waals surface area contributed by atoms with E-state index in [1.54, 1.807) is 0 Å². The third kappa shape index (κ3) is 3.77. The second kappa shape index (κ2) is 7.87. The van der Waals surface area contributed by atoms with E-state index in [4.69, 9.17) is 9.47 Å². The highest BCUT2D eigenvalue weighted by atomic mass is 35.5. The first-order valence-corrected chi connectivity index (χ1v) is 12.4. The summed E-state index contributed by atoms with van der Waals surface area (Å²) in [7, 11) is 4.26. The van der Waals surface area contributed by atoms with Gasteiger partial charge in [0.15, 0.2) is 6.54 Å². The van der Waals surface area contributed by atoms with Gasteiger partial charge in [-0.3, -0.25) is 0 Å². The molecule has 0 aromatic heterocycles. The molecule has 0 aromatic carbocycles. The molecule has 4 aliphatic rings. The maximum absolute atomic E-state index is 12.8. The van der Waals surface area contributed by atoms with Crippen LogP contribution < -0.4 is 12.4 Å². The van der Waals surface area contributed by atoms with Crippen LogP contribution in [0.3, 0.4) is 0 Å². The number of nitrogens with zero attached hydrogens (tertiary/aromatic N) is 1. The number of rotatable bonds is 7. The molecule has 0 saturated heterocycles. The van der Waals surface area contributed by atoms with E-state index in [2.05, 4.69) is 55.6 Å². The number of carbonyl (C=O) groups excluding carboxylic acids is 1. The highest BCUT2D eigenvalue weighted by Gasteiger charge is 2.63. The van der Waals surface area contributed by atoms with Crippen LogP contribution in [0, 0.1) is 33.5 Å². The van der Waals surface area contributed by atoms with Crippen LogP contribution in [0.4, 0.5) is 0 Å². The van der Waals surface area contributed by atoms with E-state index in [1.165, 1.54) is 32.1 Å². The van der Waals surface area contributed by atoms with Gasteiger partial charge in [0.2, 0.25) is 0 Å². The average Bonchev–Trinajstić information content (AvgIpc) is 3.13. The van der Waals surface area contributed by atoms with Crippen molar-refractivity contribution in [2.24, 2.45) is 33.5 Å². The van der Waals surface area contributed by atoms with E-state index < -0.39 is 0 Å². The van der Waals surface area contributed by atoms with Gasteiger partial charge in [-0.15, -0.1) is 0 Å². The van der Waals surface area contributed by atoms with Gasteiger partial charge in [0.1, 0.15) is 12.6 Å². The Morgan fingerprint density at radius 2 is 1.35 bits per heavy atom. The monoisotopic (exact) mass is 455 g/mol. The standard InChI is InChI=1S/C26H46NO3.ClH/c1-23(2)18-9-11-25(23,5)20(15-18)29-14-13-27(7,8)17-22(28)30-21-16-19-10-12-26(21,6)24(19,3)4;/h18-21H,9-17H2,1-8H3;1H/q+1;/p-1. The predicted molar refractivity (Wildman–Crippen MR) is 120 cm³/mol. The number of hydrogen-bond acceptors (Lipinski definition) is 3. The molecule has 31 heavy (non-hydrogen) atoms. The maximum atomic E-state index is 12.8. The lowest BCUT2D eigenvalue weighted by Gasteiger charge is -2.40. The number of esters is 1. The Hall–Kier alpha value is -0.320. The Kier molecular flexibility index (Phi) is 6.43. The van der Waals surface area contributed by atoms with Crippen LogP contribution in [0.25, 0.3) is 0 Å². The van der Waals surface area contributed by atoms with Crippen LogP contribution in [-0.2, 0) is 14.3 Å². The van der Waals surface area contributed by atoms with Gasteiger partial charge in [-0.25, -0.2) is 4.79 Å². The van der Waals surface area contributed by atoms with Gasteiger partial charge in [0.25, 0.3) is 0 Å². The molecule has 6 unspecified atom stereocenters. The quantitative estimate of drug-likeness (QED) is 0.435. The zero-order valence-corrected chi connectivity index (χ0v) is 22.0. The SMILES string of the molecule is CC1(C)C2CCC1(C)C(OCC[N+](C)(C)CC(=O)OC1CC3CCC1(C)C3(C)C)C2.[Cl-]. The van der Waals surface area contributed by atoms with Crippen LogP contribution >= 0.6 is 0 Å². The van der Waals surface area contributed by atoms with Crippen molar-refractivity contribution >= 4 is 5.97 Å². The van der Waals surface area contributed by atoms with Crippen molar-refractivity contribution in [1.82, 2.24) is 0 Å². The Morgan fingerprint density at radius 3 is 1.77 bits per heavy atom. The molecule has 6 atom stereocenters. The summed E-state index contributed by atoms with van der Waals surface area (Å²) in [6, 6.07) is 0. The highest BCUT2D eigenvalue weighted by Crippen LogP contribution is 2.67. The van der Waals surface area contributed by atoms with Crippen LogP contribution in [-0.4, -0.2) is 56.5 Å². The Bertz CT molecular complexity index is 705. The molecule has 0 heterocycles. The number of halogens is 1. The molecule has 4 bridgehead atoms. The molecule has 0 amide bonds. The van der Waals surface area contributed by atoms with Gasteiger partial charge >= 0.3 is 5.97 Å². The van der Waals surface area contributed by atoms with E-state index >= 15 is 0 Å². The third-order valence-corrected chi connectivity index (χ3v) is 11.3. The zero-order valence-electron chi connectivity index (χ0n) is 21.2. The summed E-state index contributed by atoms with van der Waals surface area (Å²) in [4.78, 5) is 12.8. The lowest BCUT2D eigenvalue weighted by Crippen LogP contribution is -3.00. The molecule has 0 N–H and O–H groups in total. The number of carbonyl (C=O) groups is 1. The summed E-state index contributed by atoms with van der Waals surface area (Å²) < 4.78 is 13.2. The van der Waals surface area contributed by atoms with Gasteiger partial charge in [-0.2, -0.15) is 0 Å². The molecule has 0 spiro atoms. The highest BCUT2D eigenvalue weighted by molar-refractivity contribution is 5.71. The first-order valence-electron chi connectivity index (χ1n) is 12.4. The van der Waals surface area contributed by atoms with E-state index in [0.29, 0.717) is 33.9 Å². The average molecular weight is 456 g/mol. The second-order valence-electron chi connectivity index (χ2n) is 13.4. The van der Waals surface area contributed by atoms with Gasteiger partial charge in [0.05, 0.1) is 26.8 Å². The molecular formula is C26H46ClNO3. The van der Waals surface area contributed by atoms with Crippen molar-refractivity contribution in [2.45, 2.75) is 92.3 Å². The molecule has 4 rings (SSSR count). The Balaban J connectivity index is 0.00000272. The fraction of sp³-hybridized carbons (Fsp3) is 0.962. The Morgan fingerprint density at radius 1 is 0.871 bits per heavy atom. The fourth-order valence-corrected chi connectivity index (χ4v) is 7.76. The minimum Gasteiger partial charge on any atom is -1.00 e. The third-order valence-electron chi connectivity index (χ3n) is 11.3. The zero-order chi connectivity index (χ0) is 22.2. The molecule has 180 valence electrons. The molecule has 0 aliphatic heterocycles. The molecule has 5 heteroatoms. The van der Waals surface area contributed by atoms with E-state index in [9.17, 15) is 4.79 Å². The van der Waals surface area contributed by atoms with E-state index in [-0.39, 0.29) is 35.3 Å². The molecule has 4 fully saturated rings. The first-order chi connectivity index (χ1) is 13.7. The summed E-state index contributed by atoms with van der Waals surface area (Å²) >= 11 is 0. The maximum Gasteiger partial charge on any atom is 0.362 e. The number of likely N-dealkylation sites (N-methyl/N-ethyl adjacent to an activating group) is 1. The first kappa shape index (κ1) is 25.3. The van der Waals surface area contributed by atoms with Crippen molar-refractivity contribution in [3.05, 3.63) is 0 Å². The lowest BCUT2D eigenvalue weighted by molar-refractivity contribution is -0.883. The minimum absolute atomic E-state index is 0. The fourth-order valence-electron chi connectivity index (χ4n) is 7.76. The summed E-state index contributed by atoms with van der Waals surface area (Å²) in [5.41, 5.74) is 1.10. The lowest BCUT2D eigenvalue weighted by atomic mass is 9.70. The summed E-state index contributed by atoms with van der Waals surface area (Å²) in [5, 5.41) is 0. The van der Waals surface area contributed by atoms with Gasteiger partial charge < -0.3 is 26.4 Å². The smallest absolute Gasteiger partial charge is 0.362 e. The number of fused-ring (bicyclic) bond motifs is 4. The van der Waals surface area contributed by atoms with E-state index in [0.717, 1.165) is 25.5 Å². The molecule has 0 aromatic rings. The molecule has 4 nitrogen and oxygen atoms in total. The number of ether oxygens (including phenoxy) is 2.